The third kappa shape index (κ3) is 4.60. The van der Waals surface area contributed by atoms with E-state index < -0.39 is 0 Å². The van der Waals surface area contributed by atoms with E-state index in [1.165, 1.54) is 23.1 Å². The van der Waals surface area contributed by atoms with Gasteiger partial charge < -0.3 is 10.1 Å². The molecular formula is C19H15Cl2N3O2S2. The van der Waals surface area contributed by atoms with E-state index in [4.69, 9.17) is 27.9 Å². The number of nitrogens with one attached hydrogen (secondary N) is 1. The van der Waals surface area contributed by atoms with E-state index in [-0.39, 0.29) is 17.8 Å². The molecule has 2 aromatic carbocycles. The Bertz CT molecular complexity index is 1010. The van der Waals surface area contributed by atoms with Crippen LogP contribution in [0.4, 0.5) is 5.69 Å². The molecule has 2 heterocycles. The van der Waals surface area contributed by atoms with Crippen molar-refractivity contribution in [2.45, 2.75) is 29.0 Å². The summed E-state index contributed by atoms with van der Waals surface area (Å²) >= 11 is 14.8. The number of fused-ring (bicyclic) bond motifs is 1. The molecule has 0 aliphatic carbocycles. The van der Waals surface area contributed by atoms with Crippen molar-refractivity contribution in [1.82, 2.24) is 10.2 Å². The van der Waals surface area contributed by atoms with Crippen molar-refractivity contribution < 1.29 is 9.53 Å². The molecule has 5 nitrogen and oxygen atoms in total. The highest BCUT2D eigenvalue weighted by molar-refractivity contribution is 8.02. The number of aromatic nitrogens is 2. The molecule has 1 amide bonds. The van der Waals surface area contributed by atoms with Crippen molar-refractivity contribution >= 4 is 57.9 Å². The second kappa shape index (κ2) is 8.69. The molecule has 9 heteroatoms. The summed E-state index contributed by atoms with van der Waals surface area (Å²) < 4.78 is 6.44. The zero-order chi connectivity index (χ0) is 19.5. The van der Waals surface area contributed by atoms with Gasteiger partial charge in [-0.05, 0) is 42.7 Å². The van der Waals surface area contributed by atoms with Crippen LogP contribution in [-0.2, 0) is 17.8 Å². The fourth-order valence-electron chi connectivity index (χ4n) is 2.80. The first-order chi connectivity index (χ1) is 13.6. The second-order valence-corrected chi connectivity index (χ2v) is 9.47. The molecule has 1 atom stereocenters. The Hall–Kier alpha value is -1.80. The number of para-hydroxylation sites is 1. The van der Waals surface area contributed by atoms with Crippen LogP contribution in [0.15, 0.2) is 46.8 Å². The number of benzene rings is 2. The average molecular weight is 452 g/mol. The Morgan fingerprint density at radius 1 is 1.21 bits per heavy atom. The molecular weight excluding hydrogens is 437 g/mol. The molecule has 0 radical (unpaired) electrons. The summed E-state index contributed by atoms with van der Waals surface area (Å²) in [5.41, 5.74) is 2.05. The fourth-order valence-corrected chi connectivity index (χ4v) is 5.31. The minimum atomic E-state index is -0.208. The zero-order valence-electron chi connectivity index (χ0n) is 14.5. The quantitative estimate of drug-likeness (QED) is 0.556. The Morgan fingerprint density at radius 2 is 2.07 bits per heavy atom. The number of carbonyl (C=O) groups is 1. The number of thioether (sulfide) groups is 1. The van der Waals surface area contributed by atoms with Crippen LogP contribution < -0.4 is 10.1 Å². The van der Waals surface area contributed by atoms with Gasteiger partial charge in [0.1, 0.15) is 12.4 Å². The summed E-state index contributed by atoms with van der Waals surface area (Å²) in [6.45, 7) is 0.252. The van der Waals surface area contributed by atoms with Gasteiger partial charge in [-0.2, -0.15) is 0 Å². The van der Waals surface area contributed by atoms with Crippen molar-refractivity contribution in [2.24, 2.45) is 0 Å². The van der Waals surface area contributed by atoms with Gasteiger partial charge in [0.15, 0.2) is 9.35 Å². The summed E-state index contributed by atoms with van der Waals surface area (Å²) in [4.78, 5) is 12.5. The first-order valence-corrected chi connectivity index (χ1v) is 11.0. The number of ether oxygens (including phenoxy) is 1. The molecule has 28 heavy (non-hydrogen) atoms. The maximum Gasteiger partial charge on any atom is 0.237 e. The molecule has 144 valence electrons. The number of rotatable bonds is 5. The van der Waals surface area contributed by atoms with Gasteiger partial charge in [-0.15, -0.1) is 10.2 Å². The molecule has 3 aromatic rings. The first-order valence-electron chi connectivity index (χ1n) is 8.54. The van der Waals surface area contributed by atoms with Crippen LogP contribution in [0, 0.1) is 0 Å². The molecule has 0 bridgehead atoms. The second-order valence-electron chi connectivity index (χ2n) is 6.12. The normalized spacial score (nSPS) is 16.2. The number of aryl methyl sites for hydroxylation is 1. The lowest BCUT2D eigenvalue weighted by molar-refractivity contribution is -0.115. The molecule has 0 fully saturated rings. The third-order valence-electron chi connectivity index (χ3n) is 4.18. The van der Waals surface area contributed by atoms with E-state index in [0.29, 0.717) is 20.8 Å². The number of hydrogen-bond donors (Lipinski definition) is 1. The highest BCUT2D eigenvalue weighted by Crippen LogP contribution is 2.34. The van der Waals surface area contributed by atoms with E-state index in [1.807, 2.05) is 24.3 Å². The van der Waals surface area contributed by atoms with Crippen LogP contribution in [-0.4, -0.2) is 21.4 Å². The SMILES string of the molecule is O=C1Nc2ccccc2CC[C@H]1Sc1nnc(COc2ccc(Cl)cc2Cl)s1. The summed E-state index contributed by atoms with van der Waals surface area (Å²) in [7, 11) is 0. The van der Waals surface area contributed by atoms with Gasteiger partial charge in [0.2, 0.25) is 5.91 Å². The van der Waals surface area contributed by atoms with Gasteiger partial charge in [0.25, 0.3) is 0 Å². The van der Waals surface area contributed by atoms with Gasteiger partial charge in [-0.25, -0.2) is 0 Å². The van der Waals surface area contributed by atoms with Crippen LogP contribution >= 0.6 is 46.3 Å². The monoisotopic (exact) mass is 451 g/mol. The van der Waals surface area contributed by atoms with Crippen LogP contribution in [0.2, 0.25) is 10.0 Å². The number of amides is 1. The molecule has 1 N–H and O–H groups in total. The Morgan fingerprint density at radius 3 is 2.93 bits per heavy atom. The fraction of sp³-hybridized carbons (Fsp3) is 0.211. The maximum absolute atomic E-state index is 12.5. The standard InChI is InChI=1S/C19H15Cl2N3O2S2/c20-12-6-7-15(13(21)9-12)26-10-17-23-24-19(28-17)27-16-8-5-11-3-1-2-4-14(11)22-18(16)25/h1-4,6-7,9,16H,5,8,10H2,(H,22,25)/t16-/m1/s1. The first kappa shape index (κ1) is 19.5. The summed E-state index contributed by atoms with van der Waals surface area (Å²) in [5, 5.41) is 12.9. The molecule has 4 rings (SSSR count). The van der Waals surface area contributed by atoms with Crippen molar-refractivity contribution in [3.05, 3.63) is 63.1 Å². The van der Waals surface area contributed by atoms with Gasteiger partial charge in [0.05, 0.1) is 10.3 Å². The largest absolute Gasteiger partial charge is 0.485 e. The van der Waals surface area contributed by atoms with Crippen molar-refractivity contribution in [1.29, 1.82) is 0 Å². The molecule has 1 aliphatic heterocycles. The number of halogens is 2. The molecule has 1 aliphatic rings. The van der Waals surface area contributed by atoms with Crippen LogP contribution in [0.25, 0.3) is 0 Å². The Balaban J connectivity index is 1.37. The van der Waals surface area contributed by atoms with E-state index >= 15 is 0 Å². The highest BCUT2D eigenvalue weighted by atomic mass is 35.5. The molecule has 0 spiro atoms. The Labute approximate surface area is 180 Å². The highest BCUT2D eigenvalue weighted by Gasteiger charge is 2.25. The van der Waals surface area contributed by atoms with E-state index in [1.54, 1.807) is 18.2 Å². The van der Waals surface area contributed by atoms with Crippen LogP contribution in [0.1, 0.15) is 17.0 Å². The van der Waals surface area contributed by atoms with Gasteiger partial charge in [0, 0.05) is 10.7 Å². The smallest absolute Gasteiger partial charge is 0.237 e. The zero-order valence-corrected chi connectivity index (χ0v) is 17.7. The minimum absolute atomic E-state index is 0.00380. The summed E-state index contributed by atoms with van der Waals surface area (Å²) in [6.07, 6.45) is 1.59. The van der Waals surface area contributed by atoms with Gasteiger partial charge >= 0.3 is 0 Å². The lowest BCUT2D eigenvalue weighted by atomic mass is 10.1. The molecule has 0 saturated carbocycles. The lowest BCUT2D eigenvalue weighted by Gasteiger charge is -2.10. The van der Waals surface area contributed by atoms with Crippen LogP contribution in [0.3, 0.4) is 0 Å². The maximum atomic E-state index is 12.5. The number of anilines is 1. The predicted octanol–water partition coefficient (Wildman–Crippen LogP) is 5.47. The van der Waals surface area contributed by atoms with Crippen molar-refractivity contribution in [3.8, 4) is 5.75 Å². The van der Waals surface area contributed by atoms with Gasteiger partial charge in [-0.1, -0.05) is 64.5 Å². The average Bonchev–Trinajstić information content (AvgIpc) is 3.06. The van der Waals surface area contributed by atoms with Crippen LogP contribution in [0.5, 0.6) is 5.75 Å². The molecule has 1 aromatic heterocycles. The van der Waals surface area contributed by atoms with Crippen molar-refractivity contribution in [2.75, 3.05) is 5.32 Å². The number of carbonyl (C=O) groups excluding carboxylic acids is 1. The van der Waals surface area contributed by atoms with E-state index in [9.17, 15) is 4.79 Å². The summed E-state index contributed by atoms with van der Waals surface area (Å²) in [5.74, 6) is 0.535. The molecule has 0 unspecified atom stereocenters. The predicted molar refractivity (Wildman–Crippen MR) is 114 cm³/mol. The van der Waals surface area contributed by atoms with E-state index in [0.717, 1.165) is 28.4 Å². The lowest BCUT2D eigenvalue weighted by Crippen LogP contribution is -2.23. The van der Waals surface area contributed by atoms with Crippen molar-refractivity contribution in [3.63, 3.8) is 0 Å². The van der Waals surface area contributed by atoms with E-state index in [2.05, 4.69) is 15.5 Å². The number of nitrogens with zero attached hydrogens (tertiary/aromatic N) is 2. The molecule has 0 saturated heterocycles. The Kier molecular flexibility index (Phi) is 6.06. The van der Waals surface area contributed by atoms with Gasteiger partial charge in [-0.3, -0.25) is 4.79 Å². The minimum Gasteiger partial charge on any atom is -0.485 e. The topological polar surface area (TPSA) is 64.1 Å². The number of hydrogen-bond acceptors (Lipinski definition) is 6. The summed E-state index contributed by atoms with van der Waals surface area (Å²) in [6, 6.07) is 13.0. The third-order valence-corrected chi connectivity index (χ3v) is 6.96.